The fourth-order valence-corrected chi connectivity index (χ4v) is 3.05. The molecule has 0 aliphatic carbocycles. The van der Waals surface area contributed by atoms with Crippen LogP contribution in [0.15, 0.2) is 28.7 Å². The molecule has 0 radical (unpaired) electrons. The van der Waals surface area contributed by atoms with Gasteiger partial charge in [-0.3, -0.25) is 4.79 Å². The number of piperidine rings is 1. The number of hydrogen-bond acceptors (Lipinski definition) is 3. The van der Waals surface area contributed by atoms with E-state index in [-0.39, 0.29) is 5.91 Å². The van der Waals surface area contributed by atoms with Gasteiger partial charge in [-0.05, 0) is 57.5 Å². The van der Waals surface area contributed by atoms with E-state index in [0.717, 1.165) is 43.4 Å². The monoisotopic (exact) mass is 286 g/mol. The van der Waals surface area contributed by atoms with E-state index in [2.05, 4.69) is 11.4 Å². The summed E-state index contributed by atoms with van der Waals surface area (Å²) in [5.74, 6) is 1.16. The summed E-state index contributed by atoms with van der Waals surface area (Å²) in [5, 5.41) is 4.22. The van der Waals surface area contributed by atoms with Crippen molar-refractivity contribution >= 4 is 16.9 Å². The van der Waals surface area contributed by atoms with E-state index in [1.54, 1.807) is 0 Å². The number of furan rings is 1. The molecule has 0 unspecified atom stereocenters. The van der Waals surface area contributed by atoms with Gasteiger partial charge in [0.1, 0.15) is 5.58 Å². The number of carbonyl (C=O) groups is 1. The largest absolute Gasteiger partial charge is 0.451 e. The normalized spacial score (nSPS) is 16.6. The van der Waals surface area contributed by atoms with Gasteiger partial charge in [-0.25, -0.2) is 0 Å². The van der Waals surface area contributed by atoms with Crippen molar-refractivity contribution in [1.82, 2.24) is 10.2 Å². The minimum Gasteiger partial charge on any atom is -0.451 e. The molecular weight excluding hydrogens is 264 g/mol. The maximum atomic E-state index is 12.5. The van der Waals surface area contributed by atoms with Crippen molar-refractivity contribution in [2.45, 2.75) is 19.8 Å². The number of nitrogens with zero attached hydrogens (tertiary/aromatic N) is 1. The van der Waals surface area contributed by atoms with Gasteiger partial charge in [0.2, 0.25) is 0 Å². The average Bonchev–Trinajstić information content (AvgIpc) is 2.90. The van der Waals surface area contributed by atoms with Crippen molar-refractivity contribution in [3.05, 3.63) is 35.6 Å². The number of carbonyl (C=O) groups excluding carboxylic acids is 1. The first kappa shape index (κ1) is 14.1. The Morgan fingerprint density at radius 1 is 1.33 bits per heavy atom. The molecule has 1 aliphatic rings. The van der Waals surface area contributed by atoms with Crippen molar-refractivity contribution in [3.8, 4) is 0 Å². The van der Waals surface area contributed by atoms with Gasteiger partial charge in [-0.15, -0.1) is 0 Å². The van der Waals surface area contributed by atoms with Crippen LogP contribution in [-0.4, -0.2) is 37.5 Å². The Kier molecular flexibility index (Phi) is 3.97. The van der Waals surface area contributed by atoms with Crippen LogP contribution in [0.5, 0.6) is 0 Å². The Bertz CT molecular complexity index is 639. The molecule has 1 aromatic carbocycles. The third-order valence-electron chi connectivity index (χ3n) is 4.28. The maximum Gasteiger partial charge on any atom is 0.289 e. The fourth-order valence-electron chi connectivity index (χ4n) is 3.05. The fraction of sp³-hybridized carbons (Fsp3) is 0.471. The number of rotatable bonds is 3. The Hall–Kier alpha value is -1.81. The predicted octanol–water partition coefficient (Wildman–Crippen LogP) is 2.81. The summed E-state index contributed by atoms with van der Waals surface area (Å²) in [7, 11) is 1.98. The van der Waals surface area contributed by atoms with E-state index < -0.39 is 0 Å². The topological polar surface area (TPSA) is 45.5 Å². The van der Waals surface area contributed by atoms with E-state index in [1.807, 2.05) is 37.1 Å². The lowest BCUT2D eigenvalue weighted by Crippen LogP contribution is -2.40. The Labute approximate surface area is 125 Å². The molecule has 112 valence electrons. The van der Waals surface area contributed by atoms with E-state index >= 15 is 0 Å². The number of aryl methyl sites for hydroxylation is 1. The van der Waals surface area contributed by atoms with Crippen LogP contribution in [0.1, 0.15) is 29.0 Å². The number of nitrogens with one attached hydrogen (secondary N) is 1. The van der Waals surface area contributed by atoms with Crippen molar-refractivity contribution in [3.63, 3.8) is 0 Å². The molecular formula is C17H22N2O2. The molecule has 4 nitrogen and oxygen atoms in total. The molecule has 3 rings (SSSR count). The molecule has 1 fully saturated rings. The smallest absolute Gasteiger partial charge is 0.289 e. The van der Waals surface area contributed by atoms with Gasteiger partial charge in [-0.2, -0.15) is 0 Å². The number of benzene rings is 1. The Balaban J connectivity index is 1.72. The summed E-state index contributed by atoms with van der Waals surface area (Å²) >= 11 is 0. The van der Waals surface area contributed by atoms with E-state index in [4.69, 9.17) is 4.42 Å². The van der Waals surface area contributed by atoms with E-state index in [0.29, 0.717) is 11.7 Å². The summed E-state index contributed by atoms with van der Waals surface area (Å²) in [6.07, 6.45) is 2.12. The maximum absolute atomic E-state index is 12.5. The molecule has 0 atom stereocenters. The van der Waals surface area contributed by atoms with Crippen molar-refractivity contribution in [2.24, 2.45) is 5.92 Å². The molecule has 4 heteroatoms. The van der Waals surface area contributed by atoms with E-state index in [1.165, 1.54) is 5.56 Å². The van der Waals surface area contributed by atoms with Gasteiger partial charge in [0.05, 0.1) is 0 Å². The number of likely N-dealkylation sites (tertiary alicyclic amines) is 1. The average molecular weight is 286 g/mol. The van der Waals surface area contributed by atoms with Crippen molar-refractivity contribution in [2.75, 3.05) is 26.7 Å². The second-order valence-electron chi connectivity index (χ2n) is 5.95. The molecule has 1 saturated heterocycles. The van der Waals surface area contributed by atoms with Crippen LogP contribution in [0.3, 0.4) is 0 Å². The Morgan fingerprint density at radius 3 is 2.81 bits per heavy atom. The molecule has 0 saturated carbocycles. The molecule has 1 aromatic heterocycles. The molecule has 1 aliphatic heterocycles. The Morgan fingerprint density at radius 2 is 2.10 bits per heavy atom. The summed E-state index contributed by atoms with van der Waals surface area (Å²) < 4.78 is 5.71. The summed E-state index contributed by atoms with van der Waals surface area (Å²) in [6, 6.07) is 7.85. The number of hydrogen-bond donors (Lipinski definition) is 1. The second kappa shape index (κ2) is 5.90. The highest BCUT2D eigenvalue weighted by Crippen LogP contribution is 2.24. The first-order valence-corrected chi connectivity index (χ1v) is 7.61. The van der Waals surface area contributed by atoms with Gasteiger partial charge >= 0.3 is 0 Å². The SMILES string of the molecule is CNCC1CCN(C(=O)c2cc3cc(C)ccc3o2)CC1. The van der Waals surface area contributed by atoms with Gasteiger partial charge < -0.3 is 14.6 Å². The number of fused-ring (bicyclic) bond motifs is 1. The second-order valence-corrected chi connectivity index (χ2v) is 5.95. The van der Waals surface area contributed by atoms with Crippen molar-refractivity contribution in [1.29, 1.82) is 0 Å². The minimum atomic E-state index is 0.0201. The molecule has 1 N–H and O–H groups in total. The predicted molar refractivity (Wildman–Crippen MR) is 83.5 cm³/mol. The van der Waals surface area contributed by atoms with Gasteiger partial charge in [0, 0.05) is 18.5 Å². The van der Waals surface area contributed by atoms with Crippen LogP contribution >= 0.6 is 0 Å². The molecule has 0 bridgehead atoms. The minimum absolute atomic E-state index is 0.0201. The number of amides is 1. The summed E-state index contributed by atoms with van der Waals surface area (Å²) in [6.45, 7) is 4.72. The molecule has 1 amide bonds. The van der Waals surface area contributed by atoms with Crippen LogP contribution in [-0.2, 0) is 0 Å². The van der Waals surface area contributed by atoms with Crippen LogP contribution in [0.2, 0.25) is 0 Å². The standard InChI is InChI=1S/C17H22N2O2/c1-12-3-4-15-14(9-12)10-16(21-15)17(20)19-7-5-13(6-8-19)11-18-2/h3-4,9-10,13,18H,5-8,11H2,1-2H3. The molecule has 21 heavy (non-hydrogen) atoms. The summed E-state index contributed by atoms with van der Waals surface area (Å²) in [5.41, 5.74) is 1.96. The van der Waals surface area contributed by atoms with E-state index in [9.17, 15) is 4.79 Å². The lowest BCUT2D eigenvalue weighted by molar-refractivity contribution is 0.0661. The van der Waals surface area contributed by atoms with Gasteiger partial charge in [0.15, 0.2) is 5.76 Å². The lowest BCUT2D eigenvalue weighted by Gasteiger charge is -2.31. The molecule has 2 aromatic rings. The third-order valence-corrected chi connectivity index (χ3v) is 4.28. The van der Waals surface area contributed by atoms with Crippen LogP contribution in [0.25, 0.3) is 11.0 Å². The highest BCUT2D eigenvalue weighted by atomic mass is 16.3. The van der Waals surface area contributed by atoms with Crippen molar-refractivity contribution < 1.29 is 9.21 Å². The summed E-state index contributed by atoms with van der Waals surface area (Å²) in [4.78, 5) is 14.4. The molecule has 0 spiro atoms. The highest BCUT2D eigenvalue weighted by molar-refractivity contribution is 5.96. The molecule has 2 heterocycles. The quantitative estimate of drug-likeness (QED) is 0.943. The first-order valence-electron chi connectivity index (χ1n) is 7.61. The first-order chi connectivity index (χ1) is 10.2. The van der Waals surface area contributed by atoms with Gasteiger partial charge in [0.25, 0.3) is 5.91 Å². The van der Waals surface area contributed by atoms with Crippen LogP contribution in [0.4, 0.5) is 0 Å². The lowest BCUT2D eigenvalue weighted by atomic mass is 9.97. The highest BCUT2D eigenvalue weighted by Gasteiger charge is 2.25. The van der Waals surface area contributed by atoms with Gasteiger partial charge in [-0.1, -0.05) is 11.6 Å². The van der Waals surface area contributed by atoms with Crippen LogP contribution < -0.4 is 5.32 Å². The third kappa shape index (κ3) is 2.95. The van der Waals surface area contributed by atoms with Crippen LogP contribution in [0, 0.1) is 12.8 Å². The zero-order valence-corrected chi connectivity index (χ0v) is 12.7. The zero-order chi connectivity index (χ0) is 14.8. The zero-order valence-electron chi connectivity index (χ0n) is 12.7.